The molecule has 1 saturated heterocycles. The highest BCUT2D eigenvalue weighted by molar-refractivity contribution is 5.78. The number of hydrogen-bond donors (Lipinski definition) is 1. The van der Waals surface area contributed by atoms with Gasteiger partial charge in [-0.15, -0.1) is 0 Å². The minimum absolute atomic E-state index is 0.0139. The summed E-state index contributed by atoms with van der Waals surface area (Å²) in [6.45, 7) is 0.789. The third kappa shape index (κ3) is 3.21. The number of aromatic amines is 1. The van der Waals surface area contributed by atoms with Crippen molar-refractivity contribution in [1.29, 1.82) is 0 Å². The van der Waals surface area contributed by atoms with Gasteiger partial charge >= 0.3 is 0 Å². The lowest BCUT2D eigenvalue weighted by molar-refractivity contribution is -0.137. The number of likely N-dealkylation sites (tertiary alicyclic amines) is 1. The summed E-state index contributed by atoms with van der Waals surface area (Å²) in [6.07, 6.45) is 4.50. The van der Waals surface area contributed by atoms with Crippen LogP contribution in [0.25, 0.3) is 0 Å². The summed E-state index contributed by atoms with van der Waals surface area (Å²) < 4.78 is 5.55. The average Bonchev–Trinajstić information content (AvgIpc) is 3.08. The lowest BCUT2D eigenvalue weighted by Gasteiger charge is -2.34. The molecule has 1 aromatic heterocycles. The molecule has 1 aliphatic rings. The van der Waals surface area contributed by atoms with E-state index >= 15 is 0 Å². The minimum Gasteiger partial charge on any atom is -0.484 e. The number of H-pyrrole nitrogens is 1. The number of aromatic nitrogens is 3. The molecule has 2 aromatic rings. The Hall–Kier alpha value is -2.37. The van der Waals surface area contributed by atoms with Crippen LogP contribution < -0.4 is 4.74 Å². The molecule has 1 aromatic carbocycles. The number of hydrogen-bond acceptors (Lipinski definition) is 4. The maximum absolute atomic E-state index is 12.4. The van der Waals surface area contributed by atoms with E-state index in [-0.39, 0.29) is 18.6 Å². The monoisotopic (exact) mass is 286 g/mol. The maximum atomic E-state index is 12.4. The fourth-order valence-electron chi connectivity index (χ4n) is 2.63. The van der Waals surface area contributed by atoms with Crippen LogP contribution >= 0.6 is 0 Å². The Morgan fingerprint density at radius 1 is 1.33 bits per heavy atom. The largest absolute Gasteiger partial charge is 0.484 e. The molecule has 110 valence electrons. The fraction of sp³-hybridized carbons (Fsp3) is 0.400. The van der Waals surface area contributed by atoms with Crippen LogP contribution in [0.1, 0.15) is 31.1 Å². The average molecular weight is 286 g/mol. The second-order valence-electron chi connectivity index (χ2n) is 5.07. The summed E-state index contributed by atoms with van der Waals surface area (Å²) in [4.78, 5) is 18.4. The Morgan fingerprint density at radius 3 is 2.95 bits per heavy atom. The van der Waals surface area contributed by atoms with Crippen molar-refractivity contribution in [1.82, 2.24) is 20.1 Å². The van der Waals surface area contributed by atoms with Crippen molar-refractivity contribution in [3.8, 4) is 5.75 Å². The number of rotatable bonds is 4. The maximum Gasteiger partial charge on any atom is 0.261 e. The molecule has 2 heterocycles. The minimum atomic E-state index is -0.0203. The van der Waals surface area contributed by atoms with Crippen molar-refractivity contribution < 1.29 is 9.53 Å². The van der Waals surface area contributed by atoms with Gasteiger partial charge in [-0.25, -0.2) is 4.98 Å². The Balaban J connectivity index is 1.64. The summed E-state index contributed by atoms with van der Waals surface area (Å²) in [6, 6.07) is 9.36. The van der Waals surface area contributed by atoms with E-state index < -0.39 is 0 Å². The molecule has 6 heteroatoms. The van der Waals surface area contributed by atoms with Gasteiger partial charge in [0.1, 0.15) is 17.9 Å². The normalized spacial score (nSPS) is 18.5. The predicted octanol–water partition coefficient (Wildman–Crippen LogP) is 1.94. The van der Waals surface area contributed by atoms with E-state index in [1.54, 1.807) is 0 Å². The van der Waals surface area contributed by atoms with E-state index in [2.05, 4.69) is 15.2 Å². The third-order valence-electron chi connectivity index (χ3n) is 3.68. The molecule has 1 atom stereocenters. The van der Waals surface area contributed by atoms with Crippen molar-refractivity contribution in [3.63, 3.8) is 0 Å². The number of para-hydroxylation sites is 1. The Morgan fingerprint density at radius 2 is 2.19 bits per heavy atom. The molecule has 6 nitrogen and oxygen atoms in total. The SMILES string of the molecule is O=C(COc1ccccc1)N1CCCCC1c1ncn[nH]1. The number of carbonyl (C=O) groups excluding carboxylic acids is 1. The van der Waals surface area contributed by atoms with Crippen molar-refractivity contribution in [2.75, 3.05) is 13.2 Å². The summed E-state index contributed by atoms with van der Waals surface area (Å²) in [5, 5.41) is 6.75. The first kappa shape index (κ1) is 13.6. The van der Waals surface area contributed by atoms with Gasteiger partial charge < -0.3 is 9.64 Å². The number of ether oxygens (including phenoxy) is 1. The van der Waals surface area contributed by atoms with Gasteiger partial charge in [0.15, 0.2) is 6.61 Å². The second-order valence-corrected chi connectivity index (χ2v) is 5.07. The molecule has 0 radical (unpaired) electrons. The van der Waals surface area contributed by atoms with Gasteiger partial charge in [0.05, 0.1) is 6.04 Å². The molecule has 0 saturated carbocycles. The van der Waals surface area contributed by atoms with Crippen molar-refractivity contribution in [2.45, 2.75) is 25.3 Å². The fourth-order valence-corrected chi connectivity index (χ4v) is 2.63. The summed E-state index contributed by atoms with van der Waals surface area (Å²) in [7, 11) is 0. The number of amides is 1. The number of nitrogens with one attached hydrogen (secondary N) is 1. The Bertz CT molecular complexity index is 571. The molecule has 1 unspecified atom stereocenters. The molecule has 1 aliphatic heterocycles. The van der Waals surface area contributed by atoms with Crippen LogP contribution in [0.15, 0.2) is 36.7 Å². The summed E-state index contributed by atoms with van der Waals surface area (Å²) in [5.74, 6) is 1.45. The lowest BCUT2D eigenvalue weighted by Crippen LogP contribution is -2.41. The lowest BCUT2D eigenvalue weighted by atomic mass is 10.0. The zero-order valence-electron chi connectivity index (χ0n) is 11.7. The van der Waals surface area contributed by atoms with Crippen LogP contribution in [0, 0.1) is 0 Å². The third-order valence-corrected chi connectivity index (χ3v) is 3.68. The number of nitrogens with zero attached hydrogens (tertiary/aromatic N) is 3. The van der Waals surface area contributed by atoms with Crippen molar-refractivity contribution in [2.24, 2.45) is 0 Å². The van der Waals surface area contributed by atoms with E-state index in [0.29, 0.717) is 5.75 Å². The van der Waals surface area contributed by atoms with Crippen LogP contribution in [0.4, 0.5) is 0 Å². The first-order valence-corrected chi connectivity index (χ1v) is 7.17. The van der Waals surface area contributed by atoms with E-state index in [9.17, 15) is 4.79 Å². The highest BCUT2D eigenvalue weighted by Gasteiger charge is 2.29. The number of carbonyl (C=O) groups is 1. The molecule has 21 heavy (non-hydrogen) atoms. The standard InChI is InChI=1S/C15H18N4O2/c20-14(10-21-12-6-2-1-3-7-12)19-9-5-4-8-13(19)15-16-11-17-18-15/h1-3,6-7,11,13H,4-5,8-10H2,(H,16,17,18). The van der Waals surface area contributed by atoms with Crippen molar-refractivity contribution >= 4 is 5.91 Å². The van der Waals surface area contributed by atoms with Gasteiger partial charge in [-0.05, 0) is 31.4 Å². The van der Waals surface area contributed by atoms with Crippen LogP contribution in [0.2, 0.25) is 0 Å². The van der Waals surface area contributed by atoms with E-state index in [4.69, 9.17) is 4.74 Å². The molecule has 1 fully saturated rings. The zero-order chi connectivity index (χ0) is 14.5. The molecule has 3 rings (SSSR count). The first-order valence-electron chi connectivity index (χ1n) is 7.17. The molecular formula is C15H18N4O2. The van der Waals surface area contributed by atoms with Gasteiger partial charge in [0, 0.05) is 6.54 Å². The van der Waals surface area contributed by atoms with Gasteiger partial charge in [0.2, 0.25) is 0 Å². The Labute approximate surface area is 123 Å². The van der Waals surface area contributed by atoms with E-state index in [1.807, 2.05) is 35.2 Å². The van der Waals surface area contributed by atoms with Crippen LogP contribution in [0.5, 0.6) is 5.75 Å². The highest BCUT2D eigenvalue weighted by Crippen LogP contribution is 2.28. The van der Waals surface area contributed by atoms with Crippen molar-refractivity contribution in [3.05, 3.63) is 42.5 Å². The topological polar surface area (TPSA) is 71.1 Å². The van der Waals surface area contributed by atoms with E-state index in [1.165, 1.54) is 6.33 Å². The molecule has 0 bridgehead atoms. The molecule has 1 N–H and O–H groups in total. The van der Waals surface area contributed by atoms with Gasteiger partial charge in [-0.1, -0.05) is 18.2 Å². The number of benzene rings is 1. The zero-order valence-corrected chi connectivity index (χ0v) is 11.7. The highest BCUT2D eigenvalue weighted by atomic mass is 16.5. The first-order chi connectivity index (χ1) is 10.3. The molecular weight excluding hydrogens is 268 g/mol. The van der Waals surface area contributed by atoms with E-state index in [0.717, 1.165) is 31.6 Å². The van der Waals surface area contributed by atoms with Crippen LogP contribution in [-0.4, -0.2) is 39.1 Å². The van der Waals surface area contributed by atoms with Gasteiger partial charge in [0.25, 0.3) is 5.91 Å². The van der Waals surface area contributed by atoms with Crippen LogP contribution in [0.3, 0.4) is 0 Å². The van der Waals surface area contributed by atoms with Gasteiger partial charge in [-0.2, -0.15) is 5.10 Å². The van der Waals surface area contributed by atoms with Gasteiger partial charge in [-0.3, -0.25) is 9.89 Å². The Kier molecular flexibility index (Phi) is 4.14. The van der Waals surface area contributed by atoms with Crippen LogP contribution in [-0.2, 0) is 4.79 Å². The smallest absolute Gasteiger partial charge is 0.261 e. The summed E-state index contributed by atoms with van der Waals surface area (Å²) >= 11 is 0. The number of piperidine rings is 1. The molecule has 1 amide bonds. The second kappa shape index (κ2) is 6.39. The molecule has 0 aliphatic carbocycles. The molecule has 0 spiro atoms. The summed E-state index contributed by atoms with van der Waals surface area (Å²) in [5.41, 5.74) is 0. The quantitative estimate of drug-likeness (QED) is 0.932. The predicted molar refractivity (Wildman–Crippen MR) is 76.6 cm³/mol.